The van der Waals surface area contributed by atoms with Crippen molar-refractivity contribution in [2.45, 2.75) is 19.8 Å². The molecule has 1 amide bonds. The van der Waals surface area contributed by atoms with Crippen LogP contribution < -0.4 is 5.32 Å². The number of nitrogens with zero attached hydrogens (tertiary/aromatic N) is 2. The molecule has 2 N–H and O–H groups in total. The van der Waals surface area contributed by atoms with Gasteiger partial charge in [-0.25, -0.2) is 4.98 Å². The number of halogens is 2. The van der Waals surface area contributed by atoms with Crippen LogP contribution in [0.2, 0.25) is 10.3 Å². The van der Waals surface area contributed by atoms with Gasteiger partial charge in [-0.2, -0.15) is 5.10 Å². The number of aryl methyl sites for hydroxylation is 1. The van der Waals surface area contributed by atoms with Crippen LogP contribution in [0.4, 0.5) is 5.82 Å². The second-order valence-corrected chi connectivity index (χ2v) is 4.70. The van der Waals surface area contributed by atoms with Crippen molar-refractivity contribution in [1.29, 1.82) is 0 Å². The molecule has 0 aliphatic heterocycles. The van der Waals surface area contributed by atoms with E-state index < -0.39 is 0 Å². The Morgan fingerprint density at radius 2 is 2.21 bits per heavy atom. The summed E-state index contributed by atoms with van der Waals surface area (Å²) in [6, 6.07) is 4.82. The Balaban J connectivity index is 2.11. The Morgan fingerprint density at radius 1 is 1.42 bits per heavy atom. The van der Waals surface area contributed by atoms with Crippen molar-refractivity contribution in [2.75, 3.05) is 5.32 Å². The summed E-state index contributed by atoms with van der Waals surface area (Å²) < 4.78 is 0. The molecule has 2 aromatic rings. The first kappa shape index (κ1) is 13.8. The number of hydrogen-bond acceptors (Lipinski definition) is 3. The molecule has 0 saturated carbocycles. The van der Waals surface area contributed by atoms with E-state index in [-0.39, 0.29) is 21.8 Å². The van der Waals surface area contributed by atoms with E-state index in [9.17, 15) is 4.79 Å². The number of anilines is 1. The average Bonchev–Trinajstić information content (AvgIpc) is 2.76. The number of nitrogens with one attached hydrogen (secondary N) is 2. The topological polar surface area (TPSA) is 70.7 Å². The van der Waals surface area contributed by atoms with E-state index >= 15 is 0 Å². The molecule has 2 rings (SSSR count). The SMILES string of the molecule is CCCc1cc(NC(=O)c2ccc(Cl)nc2Cl)n[nH]1. The smallest absolute Gasteiger partial charge is 0.259 e. The highest BCUT2D eigenvalue weighted by molar-refractivity contribution is 6.35. The maximum atomic E-state index is 12.0. The molecule has 0 aliphatic carbocycles. The van der Waals surface area contributed by atoms with Crippen molar-refractivity contribution >= 4 is 34.9 Å². The van der Waals surface area contributed by atoms with E-state index in [2.05, 4.69) is 27.4 Å². The molecule has 2 heterocycles. The lowest BCUT2D eigenvalue weighted by atomic mass is 10.2. The number of rotatable bonds is 4. The van der Waals surface area contributed by atoms with Crippen molar-refractivity contribution in [3.8, 4) is 0 Å². The quantitative estimate of drug-likeness (QED) is 0.851. The molecule has 0 aliphatic rings. The Morgan fingerprint density at radius 3 is 2.89 bits per heavy atom. The minimum Gasteiger partial charge on any atom is -0.305 e. The second-order valence-electron chi connectivity index (χ2n) is 3.95. The Kier molecular flexibility index (Phi) is 4.39. The number of aromatic nitrogens is 3. The first-order chi connectivity index (χ1) is 9.10. The highest BCUT2D eigenvalue weighted by Crippen LogP contribution is 2.18. The summed E-state index contributed by atoms with van der Waals surface area (Å²) in [6.07, 6.45) is 1.88. The van der Waals surface area contributed by atoms with Crippen LogP contribution in [-0.4, -0.2) is 21.1 Å². The van der Waals surface area contributed by atoms with E-state index in [0.29, 0.717) is 5.82 Å². The van der Waals surface area contributed by atoms with Gasteiger partial charge in [0.1, 0.15) is 10.3 Å². The van der Waals surface area contributed by atoms with Gasteiger partial charge in [-0.05, 0) is 18.6 Å². The highest BCUT2D eigenvalue weighted by atomic mass is 35.5. The zero-order valence-electron chi connectivity index (χ0n) is 10.2. The molecule has 0 fully saturated rings. The van der Waals surface area contributed by atoms with Crippen LogP contribution in [0.1, 0.15) is 29.4 Å². The highest BCUT2D eigenvalue weighted by Gasteiger charge is 2.13. The lowest BCUT2D eigenvalue weighted by Gasteiger charge is -2.03. The van der Waals surface area contributed by atoms with Crippen molar-refractivity contribution in [3.63, 3.8) is 0 Å². The van der Waals surface area contributed by atoms with E-state index in [1.807, 2.05) is 0 Å². The summed E-state index contributed by atoms with van der Waals surface area (Å²) in [7, 11) is 0. The summed E-state index contributed by atoms with van der Waals surface area (Å²) in [5.74, 6) is 0.0863. The van der Waals surface area contributed by atoms with Crippen LogP contribution in [-0.2, 0) is 6.42 Å². The lowest BCUT2D eigenvalue weighted by Crippen LogP contribution is -2.13. The molecule has 0 bridgehead atoms. The average molecular weight is 299 g/mol. The Bertz CT molecular complexity index is 597. The van der Waals surface area contributed by atoms with Gasteiger partial charge in [0.25, 0.3) is 5.91 Å². The fraction of sp³-hybridized carbons (Fsp3) is 0.250. The van der Waals surface area contributed by atoms with Crippen LogP contribution in [0.15, 0.2) is 18.2 Å². The largest absolute Gasteiger partial charge is 0.305 e. The van der Waals surface area contributed by atoms with Gasteiger partial charge < -0.3 is 5.32 Å². The van der Waals surface area contributed by atoms with Crippen LogP contribution in [0.3, 0.4) is 0 Å². The summed E-state index contributed by atoms with van der Waals surface area (Å²) in [5.41, 5.74) is 1.23. The molecule has 2 aromatic heterocycles. The minimum absolute atomic E-state index is 0.0642. The molecule has 100 valence electrons. The fourth-order valence-electron chi connectivity index (χ4n) is 1.59. The van der Waals surface area contributed by atoms with Gasteiger partial charge in [0.05, 0.1) is 5.56 Å². The van der Waals surface area contributed by atoms with Gasteiger partial charge in [0, 0.05) is 11.8 Å². The number of aromatic amines is 1. The Hall–Kier alpha value is -1.59. The van der Waals surface area contributed by atoms with Crippen LogP contribution in [0.25, 0.3) is 0 Å². The minimum atomic E-state index is -0.372. The summed E-state index contributed by atoms with van der Waals surface area (Å²) >= 11 is 11.5. The number of carbonyl (C=O) groups excluding carboxylic acids is 1. The second kappa shape index (κ2) is 6.04. The van der Waals surface area contributed by atoms with E-state index in [1.54, 1.807) is 6.07 Å². The van der Waals surface area contributed by atoms with Crippen molar-refractivity contribution < 1.29 is 4.79 Å². The molecule has 0 unspecified atom stereocenters. The number of carbonyl (C=O) groups is 1. The fourth-order valence-corrected chi connectivity index (χ4v) is 2.02. The normalized spacial score (nSPS) is 10.5. The van der Waals surface area contributed by atoms with Gasteiger partial charge in [0.2, 0.25) is 0 Å². The third-order valence-corrected chi connectivity index (χ3v) is 2.95. The first-order valence-corrected chi connectivity index (χ1v) is 6.53. The summed E-state index contributed by atoms with van der Waals surface area (Å²) in [5, 5.41) is 9.81. The molecule has 0 aromatic carbocycles. The summed E-state index contributed by atoms with van der Waals surface area (Å²) in [4.78, 5) is 15.8. The molecule has 0 atom stereocenters. The number of H-pyrrole nitrogens is 1. The van der Waals surface area contributed by atoms with E-state index in [1.165, 1.54) is 12.1 Å². The molecular formula is C12H12Cl2N4O. The van der Waals surface area contributed by atoms with Crippen molar-refractivity contribution in [1.82, 2.24) is 15.2 Å². The number of hydrogen-bond donors (Lipinski definition) is 2. The third kappa shape index (κ3) is 3.45. The van der Waals surface area contributed by atoms with Gasteiger partial charge in [-0.15, -0.1) is 0 Å². The Labute approximate surface area is 120 Å². The zero-order valence-corrected chi connectivity index (χ0v) is 11.7. The summed E-state index contributed by atoms with van der Waals surface area (Å²) in [6.45, 7) is 2.07. The molecule has 5 nitrogen and oxygen atoms in total. The maximum Gasteiger partial charge on any atom is 0.259 e. The van der Waals surface area contributed by atoms with Gasteiger partial charge in [-0.1, -0.05) is 36.5 Å². The van der Waals surface area contributed by atoms with Gasteiger partial charge in [0.15, 0.2) is 5.82 Å². The lowest BCUT2D eigenvalue weighted by molar-refractivity contribution is 0.102. The molecule has 0 saturated heterocycles. The standard InChI is InChI=1S/C12H12Cl2N4O/c1-2-3-7-6-10(18-17-7)16-12(19)8-4-5-9(13)15-11(8)14/h4-6H,2-3H2,1H3,(H2,16,17,18,19). The molecule has 0 spiro atoms. The van der Waals surface area contributed by atoms with Gasteiger partial charge >= 0.3 is 0 Å². The molecule has 0 radical (unpaired) electrons. The predicted molar refractivity (Wildman–Crippen MR) is 74.8 cm³/mol. The third-order valence-electron chi connectivity index (χ3n) is 2.45. The number of amides is 1. The van der Waals surface area contributed by atoms with E-state index in [0.717, 1.165) is 18.5 Å². The van der Waals surface area contributed by atoms with Crippen LogP contribution in [0, 0.1) is 0 Å². The van der Waals surface area contributed by atoms with Crippen LogP contribution >= 0.6 is 23.2 Å². The molecular weight excluding hydrogens is 287 g/mol. The van der Waals surface area contributed by atoms with Crippen molar-refractivity contribution in [2.24, 2.45) is 0 Å². The molecule has 7 heteroatoms. The van der Waals surface area contributed by atoms with Gasteiger partial charge in [-0.3, -0.25) is 9.89 Å². The zero-order chi connectivity index (χ0) is 13.8. The first-order valence-electron chi connectivity index (χ1n) is 5.78. The molecule has 19 heavy (non-hydrogen) atoms. The number of pyridine rings is 1. The predicted octanol–water partition coefficient (Wildman–Crippen LogP) is 3.32. The van der Waals surface area contributed by atoms with Crippen LogP contribution in [0.5, 0.6) is 0 Å². The van der Waals surface area contributed by atoms with Crippen molar-refractivity contribution in [3.05, 3.63) is 39.8 Å². The van der Waals surface area contributed by atoms with E-state index in [4.69, 9.17) is 23.2 Å². The maximum absolute atomic E-state index is 12.0. The monoisotopic (exact) mass is 298 g/mol.